The molecule has 0 unspecified atom stereocenters. The van der Waals surface area contributed by atoms with Crippen LogP contribution in [0.15, 0.2) is 48.5 Å². The van der Waals surface area contributed by atoms with Gasteiger partial charge in [-0.1, -0.05) is 19.1 Å². The zero-order valence-corrected chi connectivity index (χ0v) is 17.7. The van der Waals surface area contributed by atoms with Crippen LogP contribution >= 0.6 is 0 Å². The molecule has 2 aromatic carbocycles. The first-order valence-corrected chi connectivity index (χ1v) is 9.99. The summed E-state index contributed by atoms with van der Waals surface area (Å²) < 4.78 is 5.09. The van der Waals surface area contributed by atoms with E-state index >= 15 is 0 Å². The number of hydrogen-bond acceptors (Lipinski definition) is 5. The van der Waals surface area contributed by atoms with E-state index in [2.05, 4.69) is 10.6 Å². The average molecular weight is 412 g/mol. The molecule has 0 atom stereocenters. The minimum Gasteiger partial charge on any atom is -0.462 e. The smallest absolute Gasteiger partial charge is 0.338 e. The first-order chi connectivity index (χ1) is 14.4. The molecule has 0 bridgehead atoms. The molecule has 0 aliphatic rings. The van der Waals surface area contributed by atoms with Gasteiger partial charge in [0.05, 0.1) is 18.7 Å². The maximum Gasteiger partial charge on any atom is 0.338 e. The molecular weight excluding hydrogens is 382 g/mol. The van der Waals surface area contributed by atoms with Crippen molar-refractivity contribution in [2.75, 3.05) is 37.9 Å². The number of nitrogens with one attached hydrogen (secondary N) is 2. The molecule has 2 aromatic rings. The fourth-order valence-electron chi connectivity index (χ4n) is 2.62. The normalized spacial score (nSPS) is 10.2. The van der Waals surface area contributed by atoms with Gasteiger partial charge in [-0.05, 0) is 54.8 Å². The van der Waals surface area contributed by atoms with Crippen LogP contribution in [0, 0.1) is 0 Å². The molecule has 0 saturated carbocycles. The number of anilines is 2. The lowest BCUT2D eigenvalue weighted by Crippen LogP contribution is -2.22. The summed E-state index contributed by atoms with van der Waals surface area (Å²) in [5.74, 6) is -0.447. The van der Waals surface area contributed by atoms with Crippen LogP contribution in [0.3, 0.4) is 0 Å². The highest BCUT2D eigenvalue weighted by molar-refractivity contribution is 5.94. The third-order valence-electron chi connectivity index (χ3n) is 4.37. The maximum atomic E-state index is 12.2. The maximum absolute atomic E-state index is 12.2. The van der Waals surface area contributed by atoms with Gasteiger partial charge in [0.2, 0.25) is 11.8 Å². The Kier molecular flexibility index (Phi) is 8.87. The lowest BCUT2D eigenvalue weighted by atomic mass is 10.1. The van der Waals surface area contributed by atoms with Crippen LogP contribution in [0.5, 0.6) is 0 Å². The highest BCUT2D eigenvalue weighted by Crippen LogP contribution is 2.13. The van der Waals surface area contributed by atoms with Gasteiger partial charge >= 0.3 is 5.97 Å². The minimum absolute atomic E-state index is 0.0873. The number of hydrogen-bond donors (Lipinski definition) is 2. The summed E-state index contributed by atoms with van der Waals surface area (Å²) in [6.07, 6.45) is 1.89. The van der Waals surface area contributed by atoms with Gasteiger partial charge in [-0.3, -0.25) is 9.59 Å². The molecule has 30 heavy (non-hydrogen) atoms. The number of carbonyl (C=O) groups is 3. The molecule has 0 aliphatic carbocycles. The Balaban J connectivity index is 1.77. The van der Waals surface area contributed by atoms with Crippen molar-refractivity contribution in [3.05, 3.63) is 59.7 Å². The van der Waals surface area contributed by atoms with Gasteiger partial charge in [-0.25, -0.2) is 4.79 Å². The van der Waals surface area contributed by atoms with Crippen LogP contribution in [0.25, 0.3) is 0 Å². The largest absolute Gasteiger partial charge is 0.462 e. The van der Waals surface area contributed by atoms with Crippen molar-refractivity contribution in [3.63, 3.8) is 0 Å². The number of ether oxygens (including phenoxy) is 1. The molecule has 0 heterocycles. The van der Waals surface area contributed by atoms with Crippen LogP contribution in [0.2, 0.25) is 0 Å². The molecule has 0 spiro atoms. The molecule has 2 amide bonds. The summed E-state index contributed by atoms with van der Waals surface area (Å²) in [6.45, 7) is 2.43. The van der Waals surface area contributed by atoms with E-state index in [0.29, 0.717) is 30.7 Å². The third-order valence-corrected chi connectivity index (χ3v) is 4.37. The van der Waals surface area contributed by atoms with Gasteiger partial charge in [-0.2, -0.15) is 0 Å². The monoisotopic (exact) mass is 411 g/mol. The minimum atomic E-state index is -0.351. The molecule has 2 rings (SSSR count). The van der Waals surface area contributed by atoms with Gasteiger partial charge in [0.15, 0.2) is 0 Å². The molecule has 0 saturated heterocycles. The quantitative estimate of drug-likeness (QED) is 0.586. The van der Waals surface area contributed by atoms with Gasteiger partial charge in [0.25, 0.3) is 0 Å². The molecule has 7 heteroatoms. The second kappa shape index (κ2) is 11.6. The van der Waals surface area contributed by atoms with Gasteiger partial charge in [0, 0.05) is 31.9 Å². The van der Waals surface area contributed by atoms with Crippen molar-refractivity contribution in [3.8, 4) is 0 Å². The zero-order chi connectivity index (χ0) is 21.9. The number of rotatable bonds is 10. The van der Waals surface area contributed by atoms with Crippen LogP contribution in [0.4, 0.5) is 11.4 Å². The topological polar surface area (TPSA) is 87.7 Å². The summed E-state index contributed by atoms with van der Waals surface area (Å²) >= 11 is 0. The molecule has 0 fully saturated rings. The van der Waals surface area contributed by atoms with E-state index in [1.807, 2.05) is 31.2 Å². The molecule has 160 valence electrons. The second-order valence-electron chi connectivity index (χ2n) is 7.10. The van der Waals surface area contributed by atoms with Crippen molar-refractivity contribution in [2.24, 2.45) is 0 Å². The van der Waals surface area contributed by atoms with E-state index in [1.54, 1.807) is 43.3 Å². The highest BCUT2D eigenvalue weighted by Gasteiger charge is 2.08. The Morgan fingerprint density at radius 3 is 2.17 bits per heavy atom. The molecule has 0 radical (unpaired) electrons. The first kappa shape index (κ1) is 22.9. The van der Waals surface area contributed by atoms with Crippen LogP contribution in [-0.2, 0) is 20.7 Å². The van der Waals surface area contributed by atoms with Crippen molar-refractivity contribution in [2.45, 2.75) is 26.2 Å². The Bertz CT molecular complexity index is 846. The van der Waals surface area contributed by atoms with Crippen molar-refractivity contribution < 1.29 is 19.1 Å². The number of aryl methyl sites for hydroxylation is 1. The predicted molar refractivity (Wildman–Crippen MR) is 118 cm³/mol. The van der Waals surface area contributed by atoms with Gasteiger partial charge in [-0.15, -0.1) is 0 Å². The van der Waals surface area contributed by atoms with E-state index in [9.17, 15) is 14.4 Å². The van der Waals surface area contributed by atoms with Gasteiger partial charge < -0.3 is 20.3 Å². The van der Waals surface area contributed by atoms with Crippen molar-refractivity contribution in [1.82, 2.24) is 4.90 Å². The van der Waals surface area contributed by atoms with E-state index in [4.69, 9.17) is 4.74 Å². The number of esters is 1. The number of nitrogens with zero attached hydrogens (tertiary/aromatic N) is 1. The van der Waals surface area contributed by atoms with Crippen LogP contribution in [-0.4, -0.2) is 49.9 Å². The summed E-state index contributed by atoms with van der Waals surface area (Å²) in [4.78, 5) is 37.2. The molecular formula is C23H29N3O4. The Hall–Kier alpha value is -3.35. The highest BCUT2D eigenvalue weighted by atomic mass is 16.5. The molecule has 2 N–H and O–H groups in total. The Morgan fingerprint density at radius 1 is 0.933 bits per heavy atom. The van der Waals surface area contributed by atoms with Crippen LogP contribution < -0.4 is 10.6 Å². The van der Waals surface area contributed by atoms with E-state index in [0.717, 1.165) is 17.7 Å². The first-order valence-electron chi connectivity index (χ1n) is 9.99. The third kappa shape index (κ3) is 7.58. The number of amides is 2. The standard InChI is InChI=1S/C23H29N3O4/c1-4-15-30-23(29)18-8-12-19(13-9-18)24-16-21(27)25-20-10-5-17(6-11-20)7-14-22(28)26(2)3/h5-6,8-13,24H,4,7,14-16H2,1-3H3,(H,25,27). The number of carbonyl (C=O) groups excluding carboxylic acids is 3. The van der Waals surface area contributed by atoms with Crippen molar-refractivity contribution in [1.29, 1.82) is 0 Å². The van der Waals surface area contributed by atoms with E-state index in [1.165, 1.54) is 0 Å². The second-order valence-corrected chi connectivity index (χ2v) is 7.10. The summed E-state index contributed by atoms with van der Waals surface area (Å²) in [5, 5.41) is 5.85. The summed E-state index contributed by atoms with van der Waals surface area (Å²) in [5.41, 5.74) is 2.95. The molecule has 0 aromatic heterocycles. The van der Waals surface area contributed by atoms with E-state index in [-0.39, 0.29) is 24.3 Å². The number of benzene rings is 2. The molecule has 0 aliphatic heterocycles. The van der Waals surface area contributed by atoms with Gasteiger partial charge in [0.1, 0.15) is 0 Å². The van der Waals surface area contributed by atoms with E-state index < -0.39 is 0 Å². The summed E-state index contributed by atoms with van der Waals surface area (Å²) in [7, 11) is 3.48. The zero-order valence-electron chi connectivity index (χ0n) is 17.7. The van der Waals surface area contributed by atoms with Crippen LogP contribution in [0.1, 0.15) is 35.7 Å². The summed E-state index contributed by atoms with van der Waals surface area (Å²) in [6, 6.07) is 14.3. The fraction of sp³-hybridized carbons (Fsp3) is 0.348. The lowest BCUT2D eigenvalue weighted by Gasteiger charge is -2.11. The Morgan fingerprint density at radius 2 is 1.57 bits per heavy atom. The SMILES string of the molecule is CCCOC(=O)c1ccc(NCC(=O)Nc2ccc(CCC(=O)N(C)C)cc2)cc1. The fourth-order valence-corrected chi connectivity index (χ4v) is 2.62. The molecule has 7 nitrogen and oxygen atoms in total. The predicted octanol–water partition coefficient (Wildman–Crippen LogP) is 3.32. The average Bonchev–Trinajstić information content (AvgIpc) is 2.75. The van der Waals surface area contributed by atoms with Crippen molar-refractivity contribution >= 4 is 29.2 Å². The lowest BCUT2D eigenvalue weighted by molar-refractivity contribution is -0.128. The Labute approximate surface area is 177 Å².